The molecule has 1 atom stereocenters. The quantitative estimate of drug-likeness (QED) is 0.298. The van der Waals surface area contributed by atoms with Crippen LogP contribution in [0.4, 0.5) is 5.69 Å². The number of carbonyl (C=O) groups is 2. The maximum absolute atomic E-state index is 14.0. The number of ether oxygens (including phenoxy) is 1. The number of nitrogens with one attached hydrogen (secondary N) is 1. The molecule has 1 N–H and O–H groups in total. The first-order valence-electron chi connectivity index (χ1n) is 12.3. The summed E-state index contributed by atoms with van der Waals surface area (Å²) in [7, 11) is -2.51. The van der Waals surface area contributed by atoms with Gasteiger partial charge in [-0.05, 0) is 48.4 Å². The van der Waals surface area contributed by atoms with Crippen LogP contribution in [-0.4, -0.2) is 57.6 Å². The molecule has 0 bridgehead atoms. The molecule has 8 nitrogen and oxygen atoms in total. The van der Waals surface area contributed by atoms with Crippen molar-refractivity contribution < 1.29 is 22.7 Å². The van der Waals surface area contributed by atoms with E-state index in [2.05, 4.69) is 5.32 Å². The topological polar surface area (TPSA) is 96.0 Å². The molecule has 40 heavy (non-hydrogen) atoms. The molecule has 0 saturated carbocycles. The number of methoxy groups -OCH3 is 1. The van der Waals surface area contributed by atoms with Crippen LogP contribution in [0, 0.1) is 0 Å². The molecule has 0 heterocycles. The van der Waals surface area contributed by atoms with Gasteiger partial charge in [0.15, 0.2) is 0 Å². The summed E-state index contributed by atoms with van der Waals surface area (Å²) in [5.41, 5.74) is 1.53. The highest BCUT2D eigenvalue weighted by molar-refractivity contribution is 7.92. The first-order chi connectivity index (χ1) is 18.9. The lowest BCUT2D eigenvalue weighted by molar-refractivity contribution is -0.140. The van der Waals surface area contributed by atoms with Gasteiger partial charge in [-0.3, -0.25) is 13.9 Å². The number of benzene rings is 3. The van der Waals surface area contributed by atoms with Gasteiger partial charge in [-0.2, -0.15) is 0 Å². The Balaban J connectivity index is 2.07. The minimum atomic E-state index is -3.94. The van der Waals surface area contributed by atoms with E-state index in [4.69, 9.17) is 39.5 Å². The number of likely N-dealkylation sites (N-methyl/N-ethyl adjacent to an activating group) is 1. The number of hydrogen-bond donors (Lipinski definition) is 1. The van der Waals surface area contributed by atoms with Crippen LogP contribution < -0.4 is 14.4 Å². The highest BCUT2D eigenvalue weighted by Gasteiger charge is 2.33. The lowest BCUT2D eigenvalue weighted by Crippen LogP contribution is -2.53. The Morgan fingerprint density at radius 1 is 0.975 bits per heavy atom. The molecule has 3 aromatic carbocycles. The number of rotatable bonds is 12. The molecule has 0 spiro atoms. The van der Waals surface area contributed by atoms with Crippen LogP contribution in [0.3, 0.4) is 0 Å². The zero-order valence-corrected chi connectivity index (χ0v) is 25.3. The summed E-state index contributed by atoms with van der Waals surface area (Å²) in [6.45, 7) is 1.47. The molecular weight excluding hydrogens is 597 g/mol. The van der Waals surface area contributed by atoms with Crippen molar-refractivity contribution in [1.82, 2.24) is 10.2 Å². The lowest BCUT2D eigenvalue weighted by Gasteiger charge is -2.33. The van der Waals surface area contributed by atoms with Gasteiger partial charge in [-0.25, -0.2) is 8.42 Å². The Kier molecular flexibility index (Phi) is 11.1. The van der Waals surface area contributed by atoms with Gasteiger partial charge in [-0.15, -0.1) is 0 Å². The maximum Gasteiger partial charge on any atom is 0.244 e. The average molecular weight is 627 g/mol. The number of anilines is 1. The monoisotopic (exact) mass is 625 g/mol. The van der Waals surface area contributed by atoms with Gasteiger partial charge in [-0.1, -0.05) is 71.2 Å². The molecule has 3 rings (SSSR count). The fourth-order valence-electron chi connectivity index (χ4n) is 4.10. The Labute approximate surface area is 249 Å². The van der Waals surface area contributed by atoms with Crippen molar-refractivity contribution in [3.63, 3.8) is 0 Å². The van der Waals surface area contributed by atoms with Crippen molar-refractivity contribution >= 4 is 62.3 Å². The number of halogens is 3. The minimum Gasteiger partial charge on any atom is -0.495 e. The van der Waals surface area contributed by atoms with Crippen molar-refractivity contribution in [2.45, 2.75) is 25.9 Å². The number of nitrogens with zero attached hydrogens (tertiary/aromatic N) is 2. The minimum absolute atomic E-state index is 0.0650. The summed E-state index contributed by atoms with van der Waals surface area (Å²) < 4.78 is 31.8. The zero-order valence-electron chi connectivity index (χ0n) is 22.2. The molecule has 0 aliphatic heterocycles. The summed E-state index contributed by atoms with van der Waals surface area (Å²) in [5.74, 6) is -0.651. The molecule has 0 fully saturated rings. The third-order valence-corrected chi connectivity index (χ3v) is 8.10. The fraction of sp³-hybridized carbons (Fsp3) is 0.286. The van der Waals surface area contributed by atoms with Crippen LogP contribution in [0.5, 0.6) is 5.75 Å². The Hall–Kier alpha value is -2.98. The van der Waals surface area contributed by atoms with Gasteiger partial charge >= 0.3 is 0 Å². The summed E-state index contributed by atoms with van der Waals surface area (Å²) in [5, 5.41) is 3.69. The van der Waals surface area contributed by atoms with E-state index in [0.717, 1.165) is 16.1 Å². The third-order valence-electron chi connectivity index (χ3n) is 6.08. The van der Waals surface area contributed by atoms with E-state index in [0.29, 0.717) is 27.9 Å². The Bertz CT molecular complexity index is 1450. The molecule has 214 valence electrons. The summed E-state index contributed by atoms with van der Waals surface area (Å²) in [6, 6.07) is 17.5. The normalized spacial score (nSPS) is 11.9. The fourth-order valence-corrected chi connectivity index (χ4v) is 5.67. The van der Waals surface area contributed by atoms with Gasteiger partial charge < -0.3 is 15.0 Å². The third kappa shape index (κ3) is 8.27. The Morgan fingerprint density at radius 2 is 1.68 bits per heavy atom. The van der Waals surface area contributed by atoms with Gasteiger partial charge in [0.1, 0.15) is 18.3 Å². The average Bonchev–Trinajstić information content (AvgIpc) is 2.90. The first-order valence-corrected chi connectivity index (χ1v) is 15.3. The van der Waals surface area contributed by atoms with Crippen LogP contribution in [0.25, 0.3) is 0 Å². The van der Waals surface area contributed by atoms with E-state index in [9.17, 15) is 18.0 Å². The van der Waals surface area contributed by atoms with E-state index < -0.39 is 28.5 Å². The van der Waals surface area contributed by atoms with Crippen molar-refractivity contribution in [3.8, 4) is 5.75 Å². The van der Waals surface area contributed by atoms with E-state index in [-0.39, 0.29) is 29.6 Å². The van der Waals surface area contributed by atoms with Gasteiger partial charge in [0.2, 0.25) is 21.8 Å². The van der Waals surface area contributed by atoms with Crippen molar-refractivity contribution in [2.75, 3.05) is 30.8 Å². The van der Waals surface area contributed by atoms with Crippen molar-refractivity contribution in [2.24, 2.45) is 0 Å². The van der Waals surface area contributed by atoms with Crippen LogP contribution in [0.2, 0.25) is 15.1 Å². The molecule has 2 amide bonds. The van der Waals surface area contributed by atoms with Crippen LogP contribution >= 0.6 is 34.8 Å². The molecule has 1 unspecified atom stereocenters. The predicted octanol–water partition coefficient (Wildman–Crippen LogP) is 5.20. The molecular formula is C28H30Cl3N3O5S. The van der Waals surface area contributed by atoms with Gasteiger partial charge in [0, 0.05) is 29.6 Å². The summed E-state index contributed by atoms with van der Waals surface area (Å²) in [4.78, 5) is 28.7. The molecule has 0 saturated heterocycles. The molecule has 3 aromatic rings. The van der Waals surface area contributed by atoms with E-state index >= 15 is 0 Å². The SMILES string of the molecule is CCNC(=O)C(Cc1ccccc1)N(Cc1ccc(Cl)cc1Cl)C(=O)CN(c1ccc(OC)c(Cl)c1)S(C)(=O)=O. The van der Waals surface area contributed by atoms with Crippen LogP contribution in [-0.2, 0) is 32.6 Å². The first kappa shape index (κ1) is 31.5. The molecule has 0 aliphatic carbocycles. The summed E-state index contributed by atoms with van der Waals surface area (Å²) in [6.07, 6.45) is 1.18. The number of hydrogen-bond acceptors (Lipinski definition) is 5. The summed E-state index contributed by atoms with van der Waals surface area (Å²) >= 11 is 18.8. The zero-order chi connectivity index (χ0) is 29.4. The molecule has 12 heteroatoms. The second-order valence-electron chi connectivity index (χ2n) is 8.95. The second-order valence-corrected chi connectivity index (χ2v) is 12.1. The Morgan fingerprint density at radius 3 is 2.25 bits per heavy atom. The molecule has 0 radical (unpaired) electrons. The molecule has 0 aliphatic rings. The van der Waals surface area contributed by atoms with Crippen LogP contribution in [0.1, 0.15) is 18.1 Å². The predicted molar refractivity (Wildman–Crippen MR) is 160 cm³/mol. The van der Waals surface area contributed by atoms with Crippen molar-refractivity contribution in [3.05, 3.63) is 92.9 Å². The second kappa shape index (κ2) is 14.1. The molecule has 0 aromatic heterocycles. The standard InChI is InChI=1S/C28H30Cl3N3O5S/c1-4-32-28(36)25(14-19-8-6-5-7-9-19)33(17-20-10-11-21(29)15-23(20)30)27(35)18-34(40(3,37)38)22-12-13-26(39-2)24(31)16-22/h5-13,15-16,25H,4,14,17-18H2,1-3H3,(H,32,36). The lowest BCUT2D eigenvalue weighted by atomic mass is 10.0. The van der Waals surface area contributed by atoms with Crippen LogP contribution in [0.15, 0.2) is 66.7 Å². The maximum atomic E-state index is 14.0. The highest BCUT2D eigenvalue weighted by Crippen LogP contribution is 2.31. The van der Waals surface area contributed by atoms with Crippen molar-refractivity contribution in [1.29, 1.82) is 0 Å². The smallest absolute Gasteiger partial charge is 0.244 e. The van der Waals surface area contributed by atoms with Gasteiger partial charge in [0.25, 0.3) is 0 Å². The number of amides is 2. The van der Waals surface area contributed by atoms with E-state index in [1.54, 1.807) is 25.1 Å². The number of carbonyl (C=O) groups excluding carboxylic acids is 2. The largest absolute Gasteiger partial charge is 0.495 e. The number of sulfonamides is 1. The van der Waals surface area contributed by atoms with E-state index in [1.165, 1.54) is 30.2 Å². The highest BCUT2D eigenvalue weighted by atomic mass is 35.5. The van der Waals surface area contributed by atoms with E-state index in [1.807, 2.05) is 30.3 Å². The van der Waals surface area contributed by atoms with Gasteiger partial charge in [0.05, 0.1) is 24.1 Å².